The maximum Gasteiger partial charge on any atom is 0.262 e. The maximum atomic E-state index is 14.6. The molecule has 2 aromatic carbocycles. The van der Waals surface area contributed by atoms with Crippen LogP contribution in [0.25, 0.3) is 0 Å². The summed E-state index contributed by atoms with van der Waals surface area (Å²) in [5.74, 6) is -2.11. The Kier molecular flexibility index (Phi) is 4.91. The number of carbonyl (C=O) groups excluding carboxylic acids is 2. The Morgan fingerprint density at radius 3 is 2.83 bits per heavy atom. The largest absolute Gasteiger partial charge is 0.489 e. The highest BCUT2D eigenvalue weighted by atomic mass is 35.5. The van der Waals surface area contributed by atoms with Crippen LogP contribution < -0.4 is 25.4 Å². The molecule has 3 N–H and O–H groups in total. The highest BCUT2D eigenvalue weighted by Crippen LogP contribution is 2.42. The van der Waals surface area contributed by atoms with Gasteiger partial charge in [-0.2, -0.15) is 0 Å². The molecule has 2 heterocycles. The Morgan fingerprint density at radius 1 is 1.28 bits per heavy atom. The third-order valence-corrected chi connectivity index (χ3v) is 5.17. The minimum atomic E-state index is -0.833. The van der Waals surface area contributed by atoms with Gasteiger partial charge in [0.05, 0.1) is 17.5 Å². The van der Waals surface area contributed by atoms with Crippen molar-refractivity contribution in [1.82, 2.24) is 0 Å². The molecule has 0 saturated heterocycles. The van der Waals surface area contributed by atoms with E-state index in [2.05, 4.69) is 5.32 Å². The fourth-order valence-corrected chi connectivity index (χ4v) is 3.72. The topological polar surface area (TPSA) is 93.9 Å². The minimum absolute atomic E-state index is 0.0120. The predicted octanol–water partition coefficient (Wildman–Crippen LogP) is 2.59. The fraction of sp³-hybridized carbons (Fsp3) is 0.263. The number of fused-ring (bicyclic) bond motifs is 2. The Bertz CT molecular complexity index is 1020. The number of ether oxygens (including phenoxy) is 2. The molecule has 29 heavy (non-hydrogen) atoms. The number of carbonyl (C=O) groups is 2. The van der Waals surface area contributed by atoms with Gasteiger partial charge in [-0.1, -0.05) is 17.7 Å². The zero-order chi connectivity index (χ0) is 20.7. The van der Waals surface area contributed by atoms with Gasteiger partial charge < -0.3 is 25.4 Å². The van der Waals surface area contributed by atoms with E-state index in [1.807, 2.05) is 0 Å². The van der Waals surface area contributed by atoms with Crippen LogP contribution in [0.3, 0.4) is 0 Å². The number of nitrogens with zero attached hydrogens (tertiary/aromatic N) is 1. The van der Waals surface area contributed by atoms with Gasteiger partial charge in [0.15, 0.2) is 12.4 Å². The zero-order valence-electron chi connectivity index (χ0n) is 15.0. The summed E-state index contributed by atoms with van der Waals surface area (Å²) < 4.78 is 39.0. The predicted molar refractivity (Wildman–Crippen MR) is 101 cm³/mol. The Balaban J connectivity index is 1.75. The highest BCUT2D eigenvalue weighted by Gasteiger charge is 2.33. The number of nitrogens with two attached hydrogens (primary N) is 1. The van der Waals surface area contributed by atoms with Crippen molar-refractivity contribution in [3.05, 3.63) is 46.5 Å². The molecule has 0 aromatic heterocycles. The lowest BCUT2D eigenvalue weighted by molar-refractivity contribution is -0.119. The van der Waals surface area contributed by atoms with Crippen LogP contribution in [0, 0.1) is 11.6 Å². The summed E-state index contributed by atoms with van der Waals surface area (Å²) in [6, 6.07) is 4.55. The van der Waals surface area contributed by atoms with Crippen molar-refractivity contribution in [1.29, 1.82) is 0 Å². The molecule has 0 spiro atoms. The Morgan fingerprint density at radius 2 is 2.07 bits per heavy atom. The van der Waals surface area contributed by atoms with E-state index in [0.29, 0.717) is 17.0 Å². The normalized spacial score (nSPS) is 17.6. The van der Waals surface area contributed by atoms with E-state index in [4.69, 9.17) is 26.8 Å². The summed E-state index contributed by atoms with van der Waals surface area (Å²) in [7, 11) is 0. The first kappa shape index (κ1) is 19.3. The number of benzene rings is 2. The molecule has 2 aromatic rings. The minimum Gasteiger partial charge on any atom is -0.489 e. The van der Waals surface area contributed by atoms with E-state index in [0.717, 1.165) is 12.1 Å². The van der Waals surface area contributed by atoms with Crippen LogP contribution in [0.15, 0.2) is 24.3 Å². The smallest absolute Gasteiger partial charge is 0.262 e. The van der Waals surface area contributed by atoms with Crippen molar-refractivity contribution >= 4 is 34.8 Å². The molecule has 0 saturated carbocycles. The van der Waals surface area contributed by atoms with Crippen molar-refractivity contribution in [3.63, 3.8) is 0 Å². The van der Waals surface area contributed by atoms with E-state index < -0.39 is 23.6 Å². The van der Waals surface area contributed by atoms with Crippen LogP contribution in [0.4, 0.5) is 20.2 Å². The van der Waals surface area contributed by atoms with E-state index in [-0.39, 0.29) is 48.5 Å². The molecule has 2 aliphatic heterocycles. The number of anilines is 2. The van der Waals surface area contributed by atoms with Crippen molar-refractivity contribution in [2.45, 2.75) is 19.0 Å². The molecule has 0 aliphatic carbocycles. The Labute approximate surface area is 169 Å². The van der Waals surface area contributed by atoms with Gasteiger partial charge in [-0.3, -0.25) is 9.59 Å². The lowest BCUT2D eigenvalue weighted by Crippen LogP contribution is -2.45. The van der Waals surface area contributed by atoms with Crippen molar-refractivity contribution in [2.24, 2.45) is 5.73 Å². The number of halogens is 3. The number of hydrogen-bond donors (Lipinski definition) is 2. The number of rotatable bonds is 4. The molecule has 0 bridgehead atoms. The molecule has 152 valence electrons. The summed E-state index contributed by atoms with van der Waals surface area (Å²) in [4.78, 5) is 24.7. The summed E-state index contributed by atoms with van der Waals surface area (Å²) in [5, 5.41) is 2.88. The molecular weight excluding hydrogens is 408 g/mol. The molecular formula is C19H16ClF2N3O4. The molecule has 10 heteroatoms. The quantitative estimate of drug-likeness (QED) is 0.788. The second-order valence-electron chi connectivity index (χ2n) is 6.75. The van der Waals surface area contributed by atoms with Crippen molar-refractivity contribution < 1.29 is 27.8 Å². The SMILES string of the molecule is NC(=O)C[C@@H]1COc2cc(F)cc(F)c2N1Cc1ccc2c(c1Cl)NC(=O)CO2. The third kappa shape index (κ3) is 3.65. The van der Waals surface area contributed by atoms with Crippen LogP contribution in [-0.2, 0) is 16.1 Å². The standard InChI is InChI=1S/C19H16ClF2N3O4/c20-17-9(1-2-13-18(17)24-16(27)8-29-13)6-25-11(5-15(23)26)7-28-14-4-10(21)3-12(22)19(14)25/h1-4,11H,5-8H2,(H2,23,26)(H,24,27)/t11-/m1/s1. The van der Waals surface area contributed by atoms with Gasteiger partial charge in [0, 0.05) is 18.7 Å². The average Bonchev–Trinajstić information content (AvgIpc) is 2.65. The van der Waals surface area contributed by atoms with Gasteiger partial charge in [-0.15, -0.1) is 0 Å². The first-order chi connectivity index (χ1) is 13.8. The molecule has 0 radical (unpaired) electrons. The van der Waals surface area contributed by atoms with Crippen LogP contribution in [-0.4, -0.2) is 31.1 Å². The maximum absolute atomic E-state index is 14.6. The molecule has 2 aliphatic rings. The molecule has 0 fully saturated rings. The first-order valence-electron chi connectivity index (χ1n) is 8.74. The van der Waals surface area contributed by atoms with Gasteiger partial charge in [0.2, 0.25) is 5.91 Å². The second-order valence-corrected chi connectivity index (χ2v) is 7.12. The van der Waals surface area contributed by atoms with Gasteiger partial charge in [-0.05, 0) is 11.6 Å². The highest BCUT2D eigenvalue weighted by molar-refractivity contribution is 6.35. The lowest BCUT2D eigenvalue weighted by Gasteiger charge is -2.38. The average molecular weight is 424 g/mol. The third-order valence-electron chi connectivity index (χ3n) is 4.74. The molecule has 4 rings (SSSR count). The first-order valence-corrected chi connectivity index (χ1v) is 9.12. The molecule has 0 unspecified atom stereocenters. The van der Waals surface area contributed by atoms with Gasteiger partial charge in [-0.25, -0.2) is 8.78 Å². The van der Waals surface area contributed by atoms with Crippen molar-refractivity contribution in [2.75, 3.05) is 23.4 Å². The number of primary amides is 1. The summed E-state index contributed by atoms with van der Waals surface area (Å²) in [5.41, 5.74) is 6.21. The summed E-state index contributed by atoms with van der Waals surface area (Å²) >= 11 is 6.46. The molecule has 1 atom stereocenters. The Hall–Kier alpha value is -3.07. The lowest BCUT2D eigenvalue weighted by atomic mass is 10.0. The van der Waals surface area contributed by atoms with Crippen LogP contribution in [0.5, 0.6) is 11.5 Å². The number of amides is 2. The van der Waals surface area contributed by atoms with E-state index in [1.54, 1.807) is 17.0 Å². The van der Waals surface area contributed by atoms with E-state index in [9.17, 15) is 18.4 Å². The van der Waals surface area contributed by atoms with Gasteiger partial charge >= 0.3 is 0 Å². The van der Waals surface area contributed by atoms with E-state index in [1.165, 1.54) is 0 Å². The van der Waals surface area contributed by atoms with Gasteiger partial charge in [0.1, 0.15) is 35.3 Å². The number of hydrogen-bond acceptors (Lipinski definition) is 5. The molecule has 2 amide bonds. The van der Waals surface area contributed by atoms with Gasteiger partial charge in [0.25, 0.3) is 5.91 Å². The van der Waals surface area contributed by atoms with E-state index >= 15 is 0 Å². The second kappa shape index (κ2) is 7.40. The van der Waals surface area contributed by atoms with Crippen LogP contribution in [0.2, 0.25) is 5.02 Å². The summed E-state index contributed by atoms with van der Waals surface area (Å²) in [6.45, 7) is -0.0307. The zero-order valence-corrected chi connectivity index (χ0v) is 15.8. The summed E-state index contributed by atoms with van der Waals surface area (Å²) in [6.07, 6.45) is -0.0985. The van der Waals surface area contributed by atoms with Crippen molar-refractivity contribution in [3.8, 4) is 11.5 Å². The molecule has 7 nitrogen and oxygen atoms in total. The van der Waals surface area contributed by atoms with Crippen LogP contribution in [0.1, 0.15) is 12.0 Å². The van der Waals surface area contributed by atoms with Crippen LogP contribution >= 0.6 is 11.6 Å². The number of nitrogens with one attached hydrogen (secondary N) is 1. The fourth-order valence-electron chi connectivity index (χ4n) is 3.46. The monoisotopic (exact) mass is 423 g/mol.